The molecule has 0 aliphatic carbocycles. The van der Waals surface area contributed by atoms with Crippen molar-refractivity contribution in [2.24, 2.45) is 10.9 Å². The van der Waals surface area contributed by atoms with E-state index < -0.39 is 0 Å². The quantitative estimate of drug-likeness (QED) is 0.253. The smallest absolute Gasteiger partial charge is 0.251 e. The minimum atomic E-state index is -0.0803. The molecule has 0 radical (unpaired) electrons. The summed E-state index contributed by atoms with van der Waals surface area (Å²) < 4.78 is 0.895. The first-order chi connectivity index (χ1) is 10.0. The number of amides is 1. The summed E-state index contributed by atoms with van der Waals surface area (Å²) in [6.45, 7) is 6.30. The molecule has 1 rings (SSSR count). The van der Waals surface area contributed by atoms with E-state index in [1.165, 1.54) is 0 Å². The average molecular weight is 483 g/mol. The van der Waals surface area contributed by atoms with Crippen LogP contribution in [0.3, 0.4) is 0 Å². The molecule has 0 spiro atoms. The van der Waals surface area contributed by atoms with Gasteiger partial charge in [0.25, 0.3) is 5.91 Å². The van der Waals surface area contributed by atoms with Gasteiger partial charge in [0.05, 0.1) is 0 Å². The van der Waals surface area contributed by atoms with Crippen molar-refractivity contribution in [1.29, 1.82) is 0 Å². The van der Waals surface area contributed by atoms with E-state index in [4.69, 9.17) is 0 Å². The van der Waals surface area contributed by atoms with E-state index >= 15 is 0 Å². The van der Waals surface area contributed by atoms with E-state index in [1.807, 2.05) is 12.1 Å². The van der Waals surface area contributed by atoms with Crippen LogP contribution in [-0.2, 0) is 0 Å². The first-order valence-electron chi connectivity index (χ1n) is 7.01. The van der Waals surface area contributed by atoms with Gasteiger partial charge in [0.1, 0.15) is 0 Å². The molecule has 1 aromatic carbocycles. The molecule has 0 heterocycles. The number of rotatable bonds is 6. The summed E-state index contributed by atoms with van der Waals surface area (Å²) in [7, 11) is 1.73. The third-order valence-electron chi connectivity index (χ3n) is 2.69. The van der Waals surface area contributed by atoms with Crippen molar-refractivity contribution in [3.63, 3.8) is 0 Å². The summed E-state index contributed by atoms with van der Waals surface area (Å²) in [5.41, 5.74) is 0.645. The number of benzene rings is 1. The van der Waals surface area contributed by atoms with Gasteiger partial charge in [0.2, 0.25) is 0 Å². The number of nitrogens with zero attached hydrogens (tertiary/aromatic N) is 1. The number of carbonyl (C=O) groups excluding carboxylic acids is 1. The Balaban J connectivity index is 0.00000441. The van der Waals surface area contributed by atoms with Gasteiger partial charge in [-0.1, -0.05) is 35.8 Å². The van der Waals surface area contributed by atoms with Crippen LogP contribution in [0.25, 0.3) is 0 Å². The normalized spacial score (nSPS) is 10.9. The van der Waals surface area contributed by atoms with Gasteiger partial charge < -0.3 is 16.0 Å². The molecule has 0 atom stereocenters. The molecule has 22 heavy (non-hydrogen) atoms. The molecule has 0 unspecified atom stereocenters. The predicted molar refractivity (Wildman–Crippen MR) is 106 cm³/mol. The Labute approximate surface area is 157 Å². The largest absolute Gasteiger partial charge is 0.356 e. The number of hydrogen-bond acceptors (Lipinski definition) is 2. The Morgan fingerprint density at radius 3 is 2.50 bits per heavy atom. The second kappa shape index (κ2) is 11.7. The van der Waals surface area contributed by atoms with E-state index in [1.54, 1.807) is 19.2 Å². The molecular weight excluding hydrogens is 459 g/mol. The zero-order chi connectivity index (χ0) is 15.7. The molecule has 1 aromatic rings. The highest BCUT2D eigenvalue weighted by Crippen LogP contribution is 2.11. The number of nitrogens with one attached hydrogen (secondary N) is 3. The second-order valence-electron chi connectivity index (χ2n) is 5.04. The monoisotopic (exact) mass is 482 g/mol. The van der Waals surface area contributed by atoms with Gasteiger partial charge in [-0.2, -0.15) is 0 Å². The second-order valence-corrected chi connectivity index (χ2v) is 5.96. The molecule has 1 amide bonds. The van der Waals surface area contributed by atoms with Crippen LogP contribution in [0.1, 0.15) is 24.2 Å². The number of guanidine groups is 1. The van der Waals surface area contributed by atoms with Crippen molar-refractivity contribution in [3.05, 3.63) is 34.3 Å². The third-order valence-corrected chi connectivity index (χ3v) is 3.18. The van der Waals surface area contributed by atoms with Crippen LogP contribution in [-0.4, -0.2) is 38.5 Å². The van der Waals surface area contributed by atoms with Gasteiger partial charge >= 0.3 is 0 Å². The molecule has 7 heteroatoms. The summed E-state index contributed by atoms with van der Waals surface area (Å²) in [5.74, 6) is 1.23. The summed E-state index contributed by atoms with van der Waals surface area (Å²) in [6, 6.07) is 7.32. The first kappa shape index (κ1) is 21.2. The summed E-state index contributed by atoms with van der Waals surface area (Å²) in [5, 5.41) is 9.24. The fraction of sp³-hybridized carbons (Fsp3) is 0.467. The highest BCUT2D eigenvalue weighted by Gasteiger charge is 2.05. The van der Waals surface area contributed by atoms with Crippen molar-refractivity contribution < 1.29 is 4.79 Å². The minimum Gasteiger partial charge on any atom is -0.356 e. The molecule has 0 aliphatic heterocycles. The van der Waals surface area contributed by atoms with Crippen molar-refractivity contribution >= 4 is 51.8 Å². The Morgan fingerprint density at radius 2 is 1.91 bits per heavy atom. The lowest BCUT2D eigenvalue weighted by Crippen LogP contribution is -2.42. The Bertz CT molecular complexity index is 494. The van der Waals surface area contributed by atoms with Crippen molar-refractivity contribution in [2.45, 2.75) is 13.8 Å². The van der Waals surface area contributed by atoms with Gasteiger partial charge in [0, 0.05) is 36.7 Å². The molecule has 0 fully saturated rings. The molecule has 124 valence electrons. The summed E-state index contributed by atoms with van der Waals surface area (Å²) >= 11 is 3.35. The van der Waals surface area contributed by atoms with Gasteiger partial charge in [-0.25, -0.2) is 0 Å². The van der Waals surface area contributed by atoms with Crippen molar-refractivity contribution in [2.75, 3.05) is 26.7 Å². The molecule has 0 aliphatic rings. The molecular formula is C15H24BrIN4O. The average Bonchev–Trinajstić information content (AvgIpc) is 2.46. The fourth-order valence-corrected chi connectivity index (χ4v) is 2.01. The van der Waals surface area contributed by atoms with Gasteiger partial charge in [-0.05, 0) is 24.1 Å². The topological polar surface area (TPSA) is 65.5 Å². The van der Waals surface area contributed by atoms with Gasteiger partial charge in [-0.3, -0.25) is 9.79 Å². The first-order valence-corrected chi connectivity index (χ1v) is 7.80. The molecule has 0 saturated heterocycles. The van der Waals surface area contributed by atoms with E-state index in [0.29, 0.717) is 24.6 Å². The minimum absolute atomic E-state index is 0. The lowest BCUT2D eigenvalue weighted by atomic mass is 10.2. The Hall–Kier alpha value is -0.830. The van der Waals surface area contributed by atoms with Crippen LogP contribution in [0, 0.1) is 5.92 Å². The SMILES string of the molecule is CN=C(NCCNC(=O)c1cccc(Br)c1)NCC(C)C.I. The Kier molecular flexibility index (Phi) is 11.3. The number of carbonyl (C=O) groups is 1. The molecule has 0 saturated carbocycles. The molecule has 5 nitrogen and oxygen atoms in total. The zero-order valence-electron chi connectivity index (χ0n) is 13.1. The molecule has 3 N–H and O–H groups in total. The van der Waals surface area contributed by atoms with E-state index in [0.717, 1.165) is 17.0 Å². The molecule has 0 bridgehead atoms. The third kappa shape index (κ3) is 8.57. The maximum atomic E-state index is 11.9. The number of aliphatic imine (C=N–C) groups is 1. The van der Waals surface area contributed by atoms with Crippen molar-refractivity contribution in [3.8, 4) is 0 Å². The van der Waals surface area contributed by atoms with Gasteiger partial charge in [-0.15, -0.1) is 24.0 Å². The number of hydrogen-bond donors (Lipinski definition) is 3. The summed E-state index contributed by atoms with van der Waals surface area (Å²) in [6.07, 6.45) is 0. The lowest BCUT2D eigenvalue weighted by molar-refractivity contribution is 0.0954. The Morgan fingerprint density at radius 1 is 1.23 bits per heavy atom. The van der Waals surface area contributed by atoms with Crippen LogP contribution in [0.15, 0.2) is 33.7 Å². The lowest BCUT2D eigenvalue weighted by Gasteiger charge is -2.13. The van der Waals surface area contributed by atoms with Crippen LogP contribution in [0.2, 0.25) is 0 Å². The highest BCUT2D eigenvalue weighted by molar-refractivity contribution is 14.0. The standard InChI is InChI=1S/C15H23BrN4O.HI/c1-11(2)10-20-15(17-3)19-8-7-18-14(21)12-5-4-6-13(16)9-12;/h4-6,9,11H,7-8,10H2,1-3H3,(H,18,21)(H2,17,19,20);1H. The van der Waals surface area contributed by atoms with Crippen LogP contribution >= 0.6 is 39.9 Å². The fourth-order valence-electron chi connectivity index (χ4n) is 1.61. The summed E-state index contributed by atoms with van der Waals surface area (Å²) in [4.78, 5) is 16.0. The van der Waals surface area contributed by atoms with Crippen LogP contribution < -0.4 is 16.0 Å². The van der Waals surface area contributed by atoms with Crippen LogP contribution in [0.5, 0.6) is 0 Å². The van der Waals surface area contributed by atoms with Crippen molar-refractivity contribution in [1.82, 2.24) is 16.0 Å². The van der Waals surface area contributed by atoms with Gasteiger partial charge in [0.15, 0.2) is 5.96 Å². The highest BCUT2D eigenvalue weighted by atomic mass is 127. The van der Waals surface area contributed by atoms with E-state index in [2.05, 4.69) is 50.7 Å². The maximum absolute atomic E-state index is 11.9. The predicted octanol–water partition coefficient (Wildman–Crippen LogP) is 2.62. The maximum Gasteiger partial charge on any atom is 0.251 e. The van der Waals surface area contributed by atoms with E-state index in [9.17, 15) is 4.79 Å². The van der Waals surface area contributed by atoms with E-state index in [-0.39, 0.29) is 29.9 Å². The van der Waals surface area contributed by atoms with Crippen LogP contribution in [0.4, 0.5) is 0 Å². The number of halogens is 2. The zero-order valence-corrected chi connectivity index (χ0v) is 17.1. The molecule has 0 aromatic heterocycles.